The standard InChI is InChI=1S/C11H12Cl2N2O2/c1-7(15(16)17)4-9-10(12)5-8(14(2)3)6-11(9)13/h4-6H,1-3H3/b7-4+. The molecule has 17 heavy (non-hydrogen) atoms. The van der Waals surface area contributed by atoms with E-state index in [2.05, 4.69) is 0 Å². The van der Waals surface area contributed by atoms with Gasteiger partial charge in [0.1, 0.15) is 0 Å². The summed E-state index contributed by atoms with van der Waals surface area (Å²) >= 11 is 12.1. The fraction of sp³-hybridized carbons (Fsp3) is 0.273. The second-order valence-corrected chi connectivity index (χ2v) is 4.57. The molecule has 0 aromatic heterocycles. The number of nitro groups is 1. The maximum Gasteiger partial charge on any atom is 0.243 e. The third-order valence-corrected chi connectivity index (χ3v) is 2.85. The molecule has 0 aliphatic heterocycles. The number of halogens is 2. The Bertz CT molecular complexity index is 461. The van der Waals surface area contributed by atoms with E-state index < -0.39 is 4.92 Å². The molecule has 0 aliphatic rings. The molecule has 0 saturated heterocycles. The Morgan fingerprint density at radius 3 is 2.18 bits per heavy atom. The van der Waals surface area contributed by atoms with E-state index in [1.165, 1.54) is 13.0 Å². The van der Waals surface area contributed by atoms with E-state index in [1.54, 1.807) is 12.1 Å². The van der Waals surface area contributed by atoms with E-state index in [0.29, 0.717) is 15.6 Å². The molecule has 0 bridgehead atoms. The van der Waals surface area contributed by atoms with Crippen molar-refractivity contribution < 1.29 is 4.92 Å². The van der Waals surface area contributed by atoms with Gasteiger partial charge in [-0.25, -0.2) is 0 Å². The Kier molecular flexibility index (Phi) is 4.37. The average molecular weight is 275 g/mol. The first-order valence-electron chi connectivity index (χ1n) is 4.82. The predicted molar refractivity (Wildman–Crippen MR) is 71.4 cm³/mol. The normalized spacial score (nSPS) is 11.5. The summed E-state index contributed by atoms with van der Waals surface area (Å²) in [5, 5.41) is 11.3. The van der Waals surface area contributed by atoms with E-state index in [4.69, 9.17) is 23.2 Å². The van der Waals surface area contributed by atoms with Crippen molar-refractivity contribution in [3.05, 3.63) is 43.6 Å². The van der Waals surface area contributed by atoms with Gasteiger partial charge in [-0.15, -0.1) is 0 Å². The van der Waals surface area contributed by atoms with Crippen molar-refractivity contribution in [1.29, 1.82) is 0 Å². The number of benzene rings is 1. The topological polar surface area (TPSA) is 46.4 Å². The molecular formula is C11H12Cl2N2O2. The minimum absolute atomic E-state index is 0.00796. The Hall–Kier alpha value is -1.26. The molecule has 1 aromatic carbocycles. The summed E-state index contributed by atoms with van der Waals surface area (Å²) in [7, 11) is 3.72. The van der Waals surface area contributed by atoms with Crippen LogP contribution in [0.5, 0.6) is 0 Å². The van der Waals surface area contributed by atoms with Gasteiger partial charge in [-0.05, 0) is 12.1 Å². The molecule has 0 atom stereocenters. The third kappa shape index (κ3) is 3.35. The predicted octanol–water partition coefficient (Wildman–Crippen LogP) is 3.70. The zero-order valence-electron chi connectivity index (χ0n) is 9.70. The van der Waals surface area contributed by atoms with Crippen LogP contribution in [0.15, 0.2) is 17.8 Å². The van der Waals surface area contributed by atoms with Crippen molar-refractivity contribution >= 4 is 35.0 Å². The fourth-order valence-electron chi connectivity index (χ4n) is 1.23. The first-order valence-corrected chi connectivity index (χ1v) is 5.57. The Balaban J connectivity index is 3.28. The lowest BCUT2D eigenvalue weighted by Gasteiger charge is -2.14. The SMILES string of the molecule is C/C(=C\c1c(Cl)cc(N(C)C)cc1Cl)[N+](=O)[O-]. The monoisotopic (exact) mass is 274 g/mol. The molecule has 0 fully saturated rings. The van der Waals surface area contributed by atoms with Gasteiger partial charge in [-0.1, -0.05) is 23.2 Å². The molecule has 4 nitrogen and oxygen atoms in total. The second kappa shape index (κ2) is 5.38. The summed E-state index contributed by atoms with van der Waals surface area (Å²) in [5.41, 5.74) is 1.30. The molecule has 6 heteroatoms. The van der Waals surface area contributed by atoms with Crippen LogP contribution in [0.3, 0.4) is 0 Å². The summed E-state index contributed by atoms with van der Waals surface area (Å²) in [4.78, 5) is 11.9. The van der Waals surface area contributed by atoms with E-state index >= 15 is 0 Å². The number of allylic oxidation sites excluding steroid dienone is 1. The average Bonchev–Trinajstić information content (AvgIpc) is 2.22. The van der Waals surface area contributed by atoms with Crippen molar-refractivity contribution in [3.63, 3.8) is 0 Å². The summed E-state index contributed by atoms with van der Waals surface area (Å²) in [5.74, 6) is 0. The van der Waals surface area contributed by atoms with Crippen LogP contribution in [0.2, 0.25) is 10.0 Å². The van der Waals surface area contributed by atoms with E-state index in [9.17, 15) is 10.1 Å². The lowest BCUT2D eigenvalue weighted by Crippen LogP contribution is -2.08. The largest absolute Gasteiger partial charge is 0.378 e. The Morgan fingerprint density at radius 2 is 1.82 bits per heavy atom. The van der Waals surface area contributed by atoms with Crippen molar-refractivity contribution in [1.82, 2.24) is 0 Å². The van der Waals surface area contributed by atoms with Crippen LogP contribution in [0.4, 0.5) is 5.69 Å². The highest BCUT2D eigenvalue weighted by molar-refractivity contribution is 6.37. The van der Waals surface area contributed by atoms with Crippen LogP contribution < -0.4 is 4.90 Å². The third-order valence-electron chi connectivity index (χ3n) is 2.22. The summed E-state index contributed by atoms with van der Waals surface area (Å²) in [6, 6.07) is 3.43. The maximum atomic E-state index is 10.5. The first-order chi connectivity index (χ1) is 7.82. The minimum atomic E-state index is -0.480. The van der Waals surface area contributed by atoms with E-state index in [1.807, 2.05) is 19.0 Å². The van der Waals surface area contributed by atoms with Gasteiger partial charge in [-0.3, -0.25) is 10.1 Å². The van der Waals surface area contributed by atoms with E-state index in [-0.39, 0.29) is 5.70 Å². The lowest BCUT2D eigenvalue weighted by atomic mass is 10.1. The Labute approximate surface area is 110 Å². The molecule has 0 amide bonds. The van der Waals surface area contributed by atoms with Gasteiger partial charge < -0.3 is 4.90 Å². The van der Waals surface area contributed by atoms with Crippen LogP contribution >= 0.6 is 23.2 Å². The molecular weight excluding hydrogens is 263 g/mol. The molecule has 0 radical (unpaired) electrons. The highest BCUT2D eigenvalue weighted by atomic mass is 35.5. The maximum absolute atomic E-state index is 10.5. The summed E-state index contributed by atoms with van der Waals surface area (Å²) in [6.07, 6.45) is 1.37. The molecule has 0 spiro atoms. The first kappa shape index (κ1) is 13.8. The van der Waals surface area contributed by atoms with Crippen LogP contribution in [0.25, 0.3) is 6.08 Å². The fourth-order valence-corrected chi connectivity index (χ4v) is 1.81. The van der Waals surface area contributed by atoms with Crippen LogP contribution in [0, 0.1) is 10.1 Å². The highest BCUT2D eigenvalue weighted by Gasteiger charge is 2.11. The second-order valence-electron chi connectivity index (χ2n) is 3.76. The van der Waals surface area contributed by atoms with Gasteiger partial charge in [0, 0.05) is 38.3 Å². The minimum Gasteiger partial charge on any atom is -0.378 e. The van der Waals surface area contributed by atoms with Gasteiger partial charge in [-0.2, -0.15) is 0 Å². The van der Waals surface area contributed by atoms with Gasteiger partial charge in [0.2, 0.25) is 5.70 Å². The summed E-state index contributed by atoms with van der Waals surface area (Å²) < 4.78 is 0. The lowest BCUT2D eigenvalue weighted by molar-refractivity contribution is -0.422. The summed E-state index contributed by atoms with van der Waals surface area (Å²) in [6.45, 7) is 1.40. The van der Waals surface area contributed by atoms with Crippen LogP contribution in [-0.4, -0.2) is 19.0 Å². The van der Waals surface area contributed by atoms with Crippen molar-refractivity contribution in [2.24, 2.45) is 0 Å². The van der Waals surface area contributed by atoms with Crippen molar-refractivity contribution in [2.45, 2.75) is 6.92 Å². The molecule has 0 aliphatic carbocycles. The van der Waals surface area contributed by atoms with Gasteiger partial charge in [0.15, 0.2) is 0 Å². The molecule has 0 saturated carbocycles. The molecule has 0 N–H and O–H groups in total. The van der Waals surface area contributed by atoms with Gasteiger partial charge in [0.25, 0.3) is 0 Å². The number of rotatable bonds is 3. The molecule has 92 valence electrons. The van der Waals surface area contributed by atoms with Crippen LogP contribution in [-0.2, 0) is 0 Å². The Morgan fingerprint density at radius 1 is 1.35 bits per heavy atom. The molecule has 1 aromatic rings. The van der Waals surface area contributed by atoms with Gasteiger partial charge >= 0.3 is 0 Å². The zero-order chi connectivity index (χ0) is 13.2. The van der Waals surface area contributed by atoms with E-state index in [0.717, 1.165) is 5.69 Å². The number of hydrogen-bond donors (Lipinski definition) is 0. The smallest absolute Gasteiger partial charge is 0.243 e. The number of anilines is 1. The molecule has 0 heterocycles. The molecule has 0 unspecified atom stereocenters. The van der Waals surface area contributed by atoms with Crippen molar-refractivity contribution in [3.8, 4) is 0 Å². The molecule has 1 rings (SSSR count). The number of hydrogen-bond acceptors (Lipinski definition) is 3. The van der Waals surface area contributed by atoms with Crippen LogP contribution in [0.1, 0.15) is 12.5 Å². The highest BCUT2D eigenvalue weighted by Crippen LogP contribution is 2.31. The van der Waals surface area contributed by atoms with Crippen molar-refractivity contribution in [2.75, 3.05) is 19.0 Å². The quantitative estimate of drug-likeness (QED) is 0.624. The van der Waals surface area contributed by atoms with Gasteiger partial charge in [0.05, 0.1) is 15.0 Å². The zero-order valence-corrected chi connectivity index (χ0v) is 11.2. The number of nitrogens with zero attached hydrogens (tertiary/aromatic N) is 2.